The fourth-order valence-electron chi connectivity index (χ4n) is 0.652. The smallest absolute Gasteiger partial charge is 0.0831 e. The molecular formula is C7H4Cl4S. The van der Waals surface area contributed by atoms with Crippen molar-refractivity contribution in [2.75, 3.05) is 0 Å². The lowest BCUT2D eigenvalue weighted by atomic mass is 10.4. The monoisotopic (exact) mass is 260 g/mol. The van der Waals surface area contributed by atoms with Gasteiger partial charge in [-0.25, -0.2) is 0 Å². The fourth-order valence-corrected chi connectivity index (χ4v) is 2.21. The van der Waals surface area contributed by atoms with Gasteiger partial charge in [-0.15, -0.1) is 0 Å². The first-order chi connectivity index (χ1) is 5.49. The van der Waals surface area contributed by atoms with Gasteiger partial charge >= 0.3 is 0 Å². The van der Waals surface area contributed by atoms with Crippen LogP contribution in [-0.2, 0) is 0 Å². The first kappa shape index (κ1) is 10.8. The molecule has 0 aromatic heterocycles. The topological polar surface area (TPSA) is 0 Å². The molecule has 0 atom stereocenters. The van der Waals surface area contributed by atoms with Crippen molar-refractivity contribution >= 4 is 58.2 Å². The van der Waals surface area contributed by atoms with Crippen LogP contribution in [0.3, 0.4) is 0 Å². The molecule has 0 radical (unpaired) electrons. The number of rotatable bonds is 1. The Balaban J connectivity index is 2.83. The van der Waals surface area contributed by atoms with E-state index in [2.05, 4.69) is 0 Å². The maximum atomic E-state index is 5.83. The first-order valence-corrected chi connectivity index (χ1v) is 5.32. The molecule has 1 aromatic carbocycles. The van der Waals surface area contributed by atoms with E-state index in [0.29, 0.717) is 5.02 Å². The van der Waals surface area contributed by atoms with Crippen molar-refractivity contribution < 1.29 is 0 Å². The van der Waals surface area contributed by atoms with Gasteiger partial charge in [0.05, 0.1) is 5.02 Å². The Bertz CT molecular complexity index is 268. The molecule has 12 heavy (non-hydrogen) atoms. The normalized spacial score (nSPS) is 11.7. The molecule has 0 saturated heterocycles. The van der Waals surface area contributed by atoms with Gasteiger partial charge < -0.3 is 0 Å². The first-order valence-electron chi connectivity index (χ1n) is 2.99. The highest BCUT2D eigenvalue weighted by Crippen LogP contribution is 2.45. The minimum atomic E-state index is -1.36. The number of alkyl halides is 3. The second kappa shape index (κ2) is 4.30. The van der Waals surface area contributed by atoms with Crippen LogP contribution in [0.25, 0.3) is 0 Å². The molecule has 0 N–H and O–H groups in total. The van der Waals surface area contributed by atoms with Crippen molar-refractivity contribution in [3.63, 3.8) is 0 Å². The standard InChI is InChI=1S/C7H4Cl4S/c8-5-3-1-2-4-6(5)12-7(9,10)11/h1-4H. The van der Waals surface area contributed by atoms with Crippen molar-refractivity contribution in [1.82, 2.24) is 0 Å². The molecule has 0 aliphatic rings. The van der Waals surface area contributed by atoms with Crippen LogP contribution in [-0.4, -0.2) is 3.12 Å². The summed E-state index contributed by atoms with van der Waals surface area (Å²) in [6.45, 7) is 0. The largest absolute Gasteiger partial charge is 0.241 e. The lowest BCUT2D eigenvalue weighted by Gasteiger charge is -2.10. The molecule has 0 nitrogen and oxygen atoms in total. The quantitative estimate of drug-likeness (QED) is 0.519. The third-order valence-electron chi connectivity index (χ3n) is 1.06. The van der Waals surface area contributed by atoms with Crippen molar-refractivity contribution in [2.45, 2.75) is 8.02 Å². The van der Waals surface area contributed by atoms with E-state index in [-0.39, 0.29) is 0 Å². The molecule has 0 bridgehead atoms. The van der Waals surface area contributed by atoms with Gasteiger partial charge in [-0.2, -0.15) is 0 Å². The zero-order valence-electron chi connectivity index (χ0n) is 5.73. The molecule has 0 spiro atoms. The summed E-state index contributed by atoms with van der Waals surface area (Å²) >= 11 is 23.6. The van der Waals surface area contributed by atoms with Gasteiger partial charge in [0.15, 0.2) is 0 Å². The summed E-state index contributed by atoms with van der Waals surface area (Å²) in [4.78, 5) is 0.763. The Hall–Kier alpha value is 0.730. The van der Waals surface area contributed by atoms with Crippen LogP contribution in [0.2, 0.25) is 5.02 Å². The molecule has 0 saturated carbocycles. The van der Waals surface area contributed by atoms with Crippen LogP contribution >= 0.6 is 58.2 Å². The summed E-state index contributed by atoms with van der Waals surface area (Å²) in [6, 6.07) is 7.21. The maximum Gasteiger partial charge on any atom is 0.241 e. The van der Waals surface area contributed by atoms with Gasteiger partial charge in [0, 0.05) is 4.90 Å². The number of benzene rings is 1. The van der Waals surface area contributed by atoms with Crippen molar-refractivity contribution in [2.24, 2.45) is 0 Å². The summed E-state index contributed by atoms with van der Waals surface area (Å²) in [5.41, 5.74) is 0. The Morgan fingerprint density at radius 3 is 2.17 bits per heavy atom. The Kier molecular flexibility index (Phi) is 3.87. The predicted molar refractivity (Wildman–Crippen MR) is 57.6 cm³/mol. The van der Waals surface area contributed by atoms with E-state index < -0.39 is 3.12 Å². The van der Waals surface area contributed by atoms with Crippen LogP contribution in [0, 0.1) is 0 Å². The van der Waals surface area contributed by atoms with E-state index in [1.165, 1.54) is 0 Å². The highest BCUT2D eigenvalue weighted by molar-refractivity contribution is 8.04. The molecular weight excluding hydrogens is 258 g/mol. The molecule has 0 aliphatic heterocycles. The third kappa shape index (κ3) is 3.63. The molecule has 1 rings (SSSR count). The predicted octanol–water partition coefficient (Wildman–Crippen LogP) is 4.76. The van der Waals surface area contributed by atoms with E-state index in [1.54, 1.807) is 12.1 Å². The third-order valence-corrected chi connectivity index (χ3v) is 3.01. The average Bonchev–Trinajstić information content (AvgIpc) is 1.91. The molecule has 0 fully saturated rings. The van der Waals surface area contributed by atoms with E-state index in [4.69, 9.17) is 46.4 Å². The highest BCUT2D eigenvalue weighted by Gasteiger charge is 2.22. The van der Waals surface area contributed by atoms with E-state index in [9.17, 15) is 0 Å². The molecule has 0 unspecified atom stereocenters. The van der Waals surface area contributed by atoms with Crippen molar-refractivity contribution in [3.05, 3.63) is 29.3 Å². The van der Waals surface area contributed by atoms with Crippen LogP contribution < -0.4 is 0 Å². The molecule has 66 valence electrons. The summed E-state index contributed by atoms with van der Waals surface area (Å²) in [5.74, 6) is 0. The van der Waals surface area contributed by atoms with Gasteiger partial charge in [-0.05, 0) is 12.1 Å². The molecule has 0 amide bonds. The maximum absolute atomic E-state index is 5.83. The van der Waals surface area contributed by atoms with Crippen LogP contribution in [0.4, 0.5) is 0 Å². The molecule has 5 heteroatoms. The lowest BCUT2D eigenvalue weighted by molar-refractivity contribution is 1.45. The van der Waals surface area contributed by atoms with Crippen LogP contribution in [0.1, 0.15) is 0 Å². The zero-order valence-corrected chi connectivity index (χ0v) is 9.57. The minimum absolute atomic E-state index is 0.592. The van der Waals surface area contributed by atoms with Crippen molar-refractivity contribution in [3.8, 4) is 0 Å². The Labute approximate surface area is 95.1 Å². The molecule has 0 aliphatic carbocycles. The lowest BCUT2D eigenvalue weighted by Crippen LogP contribution is -1.92. The van der Waals surface area contributed by atoms with Gasteiger partial charge in [-0.3, -0.25) is 0 Å². The van der Waals surface area contributed by atoms with E-state index >= 15 is 0 Å². The summed E-state index contributed by atoms with van der Waals surface area (Å²) < 4.78 is -1.36. The number of halogens is 4. The highest BCUT2D eigenvalue weighted by atomic mass is 35.6. The van der Waals surface area contributed by atoms with Gasteiger partial charge in [0.2, 0.25) is 3.12 Å². The van der Waals surface area contributed by atoms with Crippen molar-refractivity contribution in [1.29, 1.82) is 0 Å². The summed E-state index contributed by atoms with van der Waals surface area (Å²) in [6.07, 6.45) is 0. The summed E-state index contributed by atoms with van der Waals surface area (Å²) in [5, 5.41) is 0.592. The number of thioether (sulfide) groups is 1. The van der Waals surface area contributed by atoms with Gasteiger partial charge in [0.1, 0.15) is 0 Å². The number of hydrogen-bond acceptors (Lipinski definition) is 1. The van der Waals surface area contributed by atoms with Gasteiger partial charge in [0.25, 0.3) is 0 Å². The second-order valence-corrected chi connectivity index (χ2v) is 6.60. The van der Waals surface area contributed by atoms with E-state index in [0.717, 1.165) is 16.7 Å². The SMILES string of the molecule is Clc1ccccc1SC(Cl)(Cl)Cl. The second-order valence-electron chi connectivity index (χ2n) is 1.98. The van der Waals surface area contributed by atoms with Gasteiger partial charge in [-0.1, -0.05) is 70.3 Å². The minimum Gasteiger partial charge on any atom is -0.0831 e. The van der Waals surface area contributed by atoms with E-state index in [1.807, 2.05) is 12.1 Å². The average molecular weight is 262 g/mol. The molecule has 1 aromatic rings. The molecule has 0 heterocycles. The Morgan fingerprint density at radius 1 is 1.08 bits per heavy atom. The Morgan fingerprint density at radius 2 is 1.67 bits per heavy atom. The zero-order chi connectivity index (χ0) is 9.19. The fraction of sp³-hybridized carbons (Fsp3) is 0.143. The van der Waals surface area contributed by atoms with Crippen LogP contribution in [0.15, 0.2) is 29.2 Å². The van der Waals surface area contributed by atoms with Crippen LogP contribution in [0.5, 0.6) is 0 Å². The summed E-state index contributed by atoms with van der Waals surface area (Å²) in [7, 11) is 0. The number of hydrogen-bond donors (Lipinski definition) is 0.